The van der Waals surface area contributed by atoms with E-state index >= 15 is 0 Å². The second-order valence-corrected chi connectivity index (χ2v) is 13.8. The molecular formula is C26H34O3Si. The van der Waals surface area contributed by atoms with E-state index in [1.54, 1.807) is 0 Å². The Kier molecular flexibility index (Phi) is 6.30. The van der Waals surface area contributed by atoms with E-state index in [1.165, 1.54) is 10.4 Å². The van der Waals surface area contributed by atoms with Gasteiger partial charge in [-0.1, -0.05) is 87.5 Å². The SMILES string of the molecule is CC(C)(C)[Si](OC[C@@H]1CC=C[C@@]2(CCCCO2)O1)(c1ccccc1)c1ccccc1. The van der Waals surface area contributed by atoms with Crippen LogP contribution in [0.5, 0.6) is 0 Å². The number of ether oxygens (including phenoxy) is 2. The van der Waals surface area contributed by atoms with Crippen LogP contribution in [-0.2, 0) is 13.9 Å². The van der Waals surface area contributed by atoms with Crippen molar-refractivity contribution in [3.8, 4) is 0 Å². The molecule has 1 spiro atoms. The van der Waals surface area contributed by atoms with Gasteiger partial charge in [0, 0.05) is 6.42 Å². The minimum atomic E-state index is -2.54. The molecule has 2 aliphatic rings. The lowest BCUT2D eigenvalue weighted by atomic mass is 10.0. The van der Waals surface area contributed by atoms with Crippen molar-refractivity contribution in [2.24, 2.45) is 0 Å². The van der Waals surface area contributed by atoms with Crippen LogP contribution in [0.15, 0.2) is 72.8 Å². The van der Waals surface area contributed by atoms with Gasteiger partial charge in [0.05, 0.1) is 19.3 Å². The maximum Gasteiger partial charge on any atom is 0.261 e. The van der Waals surface area contributed by atoms with Crippen LogP contribution in [0, 0.1) is 0 Å². The third-order valence-electron chi connectivity index (χ3n) is 6.31. The van der Waals surface area contributed by atoms with Crippen molar-refractivity contribution in [3.63, 3.8) is 0 Å². The van der Waals surface area contributed by atoms with E-state index in [0.717, 1.165) is 32.3 Å². The highest BCUT2D eigenvalue weighted by Gasteiger charge is 2.50. The summed E-state index contributed by atoms with van der Waals surface area (Å²) in [5, 5.41) is 2.58. The molecule has 3 nitrogen and oxygen atoms in total. The molecule has 1 saturated heterocycles. The lowest BCUT2D eigenvalue weighted by molar-refractivity contribution is -0.253. The highest BCUT2D eigenvalue weighted by molar-refractivity contribution is 6.99. The largest absolute Gasteiger partial charge is 0.405 e. The summed E-state index contributed by atoms with van der Waals surface area (Å²) in [6, 6.07) is 21.6. The highest BCUT2D eigenvalue weighted by Crippen LogP contribution is 2.38. The van der Waals surface area contributed by atoms with Crippen molar-refractivity contribution in [1.82, 2.24) is 0 Å². The maximum absolute atomic E-state index is 7.06. The van der Waals surface area contributed by atoms with Gasteiger partial charge >= 0.3 is 0 Å². The zero-order chi connectivity index (χ0) is 21.1. The second-order valence-electron chi connectivity index (χ2n) is 9.47. The van der Waals surface area contributed by atoms with Gasteiger partial charge in [-0.25, -0.2) is 0 Å². The lowest BCUT2D eigenvalue weighted by Gasteiger charge is -2.45. The third kappa shape index (κ3) is 4.19. The highest BCUT2D eigenvalue weighted by atomic mass is 28.4. The minimum absolute atomic E-state index is 0.00903. The summed E-state index contributed by atoms with van der Waals surface area (Å²) in [6.07, 6.45) is 8.39. The molecule has 160 valence electrons. The van der Waals surface area contributed by atoms with E-state index in [-0.39, 0.29) is 11.1 Å². The molecule has 2 atom stereocenters. The molecule has 2 heterocycles. The summed E-state index contributed by atoms with van der Waals surface area (Å²) >= 11 is 0. The van der Waals surface area contributed by atoms with Crippen LogP contribution < -0.4 is 10.4 Å². The first-order valence-electron chi connectivity index (χ1n) is 11.2. The van der Waals surface area contributed by atoms with Gasteiger partial charge in [-0.2, -0.15) is 0 Å². The molecule has 0 aliphatic carbocycles. The second kappa shape index (κ2) is 8.79. The van der Waals surface area contributed by atoms with E-state index in [0.29, 0.717) is 6.61 Å². The Morgan fingerprint density at radius 3 is 2.13 bits per heavy atom. The first-order chi connectivity index (χ1) is 14.5. The lowest BCUT2D eigenvalue weighted by Crippen LogP contribution is -2.67. The molecule has 0 amide bonds. The molecule has 2 aromatic rings. The van der Waals surface area contributed by atoms with Crippen LogP contribution in [0.2, 0.25) is 5.04 Å². The Hall–Kier alpha value is -1.72. The standard InChI is InChI=1S/C26H34O3Si/c1-25(2,3)30(23-14-6-4-7-15-23,24-16-8-5-9-17-24)28-21-22-13-12-19-26(29-22)18-10-11-20-27-26/h4-9,12,14-17,19,22H,10-11,13,18,20-21H2,1-3H3/t22-,26+/m0/s1. The van der Waals surface area contributed by atoms with Crippen molar-refractivity contribution in [2.75, 3.05) is 13.2 Å². The molecule has 0 radical (unpaired) electrons. The van der Waals surface area contributed by atoms with E-state index in [4.69, 9.17) is 13.9 Å². The smallest absolute Gasteiger partial charge is 0.261 e. The number of hydrogen-bond donors (Lipinski definition) is 0. The molecule has 4 rings (SSSR count). The Bertz CT molecular complexity index is 796. The molecule has 2 aliphatic heterocycles. The van der Waals surface area contributed by atoms with E-state index in [1.807, 2.05) is 0 Å². The number of benzene rings is 2. The normalized spacial score (nSPS) is 24.8. The van der Waals surface area contributed by atoms with Crippen LogP contribution in [0.25, 0.3) is 0 Å². The zero-order valence-corrected chi connectivity index (χ0v) is 19.5. The summed E-state index contributed by atoms with van der Waals surface area (Å²) in [5.74, 6) is -0.546. The minimum Gasteiger partial charge on any atom is -0.405 e. The van der Waals surface area contributed by atoms with Gasteiger partial charge in [-0.05, 0) is 40.8 Å². The van der Waals surface area contributed by atoms with E-state index < -0.39 is 14.1 Å². The van der Waals surface area contributed by atoms with Crippen LogP contribution in [-0.4, -0.2) is 33.4 Å². The summed E-state index contributed by atoms with van der Waals surface area (Å²) in [7, 11) is -2.54. The molecule has 0 saturated carbocycles. The number of hydrogen-bond acceptors (Lipinski definition) is 3. The first-order valence-corrected chi connectivity index (χ1v) is 13.1. The third-order valence-corrected chi connectivity index (χ3v) is 11.3. The van der Waals surface area contributed by atoms with Crippen molar-refractivity contribution in [1.29, 1.82) is 0 Å². The Labute approximate surface area is 182 Å². The summed E-state index contributed by atoms with van der Waals surface area (Å²) in [5.41, 5.74) is 0. The van der Waals surface area contributed by atoms with Gasteiger partial charge in [0.25, 0.3) is 8.32 Å². The molecule has 4 heteroatoms. The Morgan fingerprint density at radius 1 is 0.967 bits per heavy atom. The topological polar surface area (TPSA) is 27.7 Å². The van der Waals surface area contributed by atoms with Gasteiger partial charge < -0.3 is 13.9 Å². The number of rotatable bonds is 5. The molecule has 2 aromatic carbocycles. The average Bonchev–Trinajstić information content (AvgIpc) is 2.75. The summed E-state index contributed by atoms with van der Waals surface area (Å²) < 4.78 is 19.6. The first kappa shape index (κ1) is 21.5. The summed E-state index contributed by atoms with van der Waals surface area (Å²) in [6.45, 7) is 8.28. The van der Waals surface area contributed by atoms with Gasteiger partial charge in [0.15, 0.2) is 5.79 Å². The van der Waals surface area contributed by atoms with Crippen molar-refractivity contribution >= 4 is 18.7 Å². The maximum atomic E-state index is 7.06. The molecule has 0 bridgehead atoms. The van der Waals surface area contributed by atoms with Gasteiger partial charge in [0.2, 0.25) is 0 Å². The average molecular weight is 423 g/mol. The predicted octanol–water partition coefficient (Wildman–Crippen LogP) is 4.80. The fraction of sp³-hybridized carbons (Fsp3) is 0.462. The van der Waals surface area contributed by atoms with Crippen molar-refractivity contribution < 1.29 is 13.9 Å². The molecule has 1 fully saturated rings. The fourth-order valence-corrected chi connectivity index (χ4v) is 9.46. The van der Waals surface area contributed by atoms with Gasteiger partial charge in [0.1, 0.15) is 0 Å². The Balaban J connectivity index is 1.65. The van der Waals surface area contributed by atoms with Gasteiger partial charge in [-0.3, -0.25) is 0 Å². The quantitative estimate of drug-likeness (QED) is 0.511. The monoisotopic (exact) mass is 422 g/mol. The van der Waals surface area contributed by atoms with Crippen LogP contribution in [0.3, 0.4) is 0 Å². The van der Waals surface area contributed by atoms with E-state index in [2.05, 4.69) is 93.6 Å². The Morgan fingerprint density at radius 2 is 1.60 bits per heavy atom. The van der Waals surface area contributed by atoms with Crippen LogP contribution in [0.1, 0.15) is 46.5 Å². The van der Waals surface area contributed by atoms with Gasteiger partial charge in [-0.15, -0.1) is 0 Å². The molecular weight excluding hydrogens is 388 g/mol. The molecule has 0 unspecified atom stereocenters. The van der Waals surface area contributed by atoms with Crippen LogP contribution in [0.4, 0.5) is 0 Å². The van der Waals surface area contributed by atoms with Crippen molar-refractivity contribution in [3.05, 3.63) is 72.8 Å². The zero-order valence-electron chi connectivity index (χ0n) is 18.5. The van der Waals surface area contributed by atoms with Crippen molar-refractivity contribution in [2.45, 2.75) is 63.4 Å². The molecule has 0 aromatic heterocycles. The van der Waals surface area contributed by atoms with E-state index in [9.17, 15) is 0 Å². The summed E-state index contributed by atoms with van der Waals surface area (Å²) in [4.78, 5) is 0. The fourth-order valence-electron chi connectivity index (χ4n) is 4.87. The molecule has 0 N–H and O–H groups in total. The van der Waals surface area contributed by atoms with Crippen LogP contribution >= 0.6 is 0 Å². The predicted molar refractivity (Wildman–Crippen MR) is 125 cm³/mol. The molecule has 30 heavy (non-hydrogen) atoms.